The van der Waals surface area contributed by atoms with Gasteiger partial charge in [-0.25, -0.2) is 0 Å². The first-order chi connectivity index (χ1) is 9.49. The second-order valence-electron chi connectivity index (χ2n) is 5.09. The first kappa shape index (κ1) is 15.5. The molecule has 0 heterocycles. The molecule has 1 unspecified atom stereocenters. The van der Waals surface area contributed by atoms with E-state index >= 15 is 0 Å². The minimum atomic E-state index is -0.00296. The van der Waals surface area contributed by atoms with Crippen LogP contribution in [0, 0.1) is 13.8 Å². The molecule has 0 amide bonds. The Bertz CT molecular complexity index is 593. The van der Waals surface area contributed by atoms with E-state index in [1.54, 1.807) is 0 Å². The molecular formula is C16H18BrClN2. The lowest BCUT2D eigenvalue weighted by molar-refractivity contribution is 0.552. The molecule has 0 radical (unpaired) electrons. The third kappa shape index (κ3) is 3.83. The average Bonchev–Trinajstić information content (AvgIpc) is 2.35. The fraction of sp³-hybridized carbons (Fsp3) is 0.250. The summed E-state index contributed by atoms with van der Waals surface area (Å²) in [7, 11) is 0. The number of nitrogens with one attached hydrogen (secondary N) is 1. The van der Waals surface area contributed by atoms with E-state index in [1.165, 1.54) is 16.7 Å². The van der Waals surface area contributed by atoms with Gasteiger partial charge >= 0.3 is 0 Å². The highest BCUT2D eigenvalue weighted by Crippen LogP contribution is 2.28. The van der Waals surface area contributed by atoms with Crippen LogP contribution >= 0.6 is 27.5 Å². The van der Waals surface area contributed by atoms with Gasteiger partial charge in [0, 0.05) is 9.50 Å². The SMILES string of the molecule is Cc1cc(C)cc(CC(NN)c2ccc(Br)cc2Cl)c1. The maximum absolute atomic E-state index is 6.31. The maximum Gasteiger partial charge on any atom is 0.0515 e. The van der Waals surface area contributed by atoms with E-state index in [-0.39, 0.29) is 6.04 Å². The van der Waals surface area contributed by atoms with Crippen LogP contribution in [0.3, 0.4) is 0 Å². The standard InChI is InChI=1S/C16H18BrClN2/c1-10-5-11(2)7-12(6-10)8-16(20-19)14-4-3-13(17)9-15(14)18/h3-7,9,16,20H,8,19H2,1-2H3. The second-order valence-corrected chi connectivity index (χ2v) is 6.41. The number of hydrogen-bond acceptors (Lipinski definition) is 2. The zero-order chi connectivity index (χ0) is 14.7. The molecule has 3 N–H and O–H groups in total. The zero-order valence-electron chi connectivity index (χ0n) is 11.6. The van der Waals surface area contributed by atoms with E-state index in [1.807, 2.05) is 18.2 Å². The van der Waals surface area contributed by atoms with Crippen molar-refractivity contribution in [1.82, 2.24) is 5.43 Å². The first-order valence-corrected chi connectivity index (χ1v) is 7.65. The molecule has 1 atom stereocenters. The molecule has 2 aromatic carbocycles. The number of hydrogen-bond donors (Lipinski definition) is 2. The lowest BCUT2D eigenvalue weighted by Crippen LogP contribution is -2.29. The van der Waals surface area contributed by atoms with Gasteiger partial charge in [-0.3, -0.25) is 11.3 Å². The molecule has 20 heavy (non-hydrogen) atoms. The van der Waals surface area contributed by atoms with Gasteiger partial charge in [0.2, 0.25) is 0 Å². The van der Waals surface area contributed by atoms with E-state index in [4.69, 9.17) is 17.4 Å². The van der Waals surface area contributed by atoms with Gasteiger partial charge in [-0.15, -0.1) is 0 Å². The molecule has 2 nitrogen and oxygen atoms in total. The van der Waals surface area contributed by atoms with Gasteiger partial charge in [-0.05, 0) is 43.5 Å². The van der Waals surface area contributed by atoms with E-state index in [0.717, 1.165) is 16.5 Å². The second kappa shape index (κ2) is 6.72. The third-order valence-corrected chi connectivity index (χ3v) is 4.08. The van der Waals surface area contributed by atoms with Gasteiger partial charge < -0.3 is 0 Å². The number of benzene rings is 2. The molecule has 106 valence electrons. The lowest BCUT2D eigenvalue weighted by atomic mass is 9.97. The van der Waals surface area contributed by atoms with Crippen molar-refractivity contribution < 1.29 is 0 Å². The number of hydrazine groups is 1. The Labute approximate surface area is 133 Å². The molecule has 0 bridgehead atoms. The van der Waals surface area contributed by atoms with Crippen LogP contribution in [-0.2, 0) is 6.42 Å². The Morgan fingerprint density at radius 1 is 1.15 bits per heavy atom. The molecule has 2 aromatic rings. The summed E-state index contributed by atoms with van der Waals surface area (Å²) < 4.78 is 0.966. The van der Waals surface area contributed by atoms with Crippen LogP contribution in [0.4, 0.5) is 0 Å². The van der Waals surface area contributed by atoms with Crippen molar-refractivity contribution in [3.63, 3.8) is 0 Å². The average molecular weight is 354 g/mol. The van der Waals surface area contributed by atoms with Crippen molar-refractivity contribution in [1.29, 1.82) is 0 Å². The van der Waals surface area contributed by atoms with Gasteiger partial charge in [-0.1, -0.05) is 62.9 Å². The fourth-order valence-corrected chi connectivity index (χ4v) is 3.27. The molecule has 0 fully saturated rings. The Morgan fingerprint density at radius 2 is 1.80 bits per heavy atom. The van der Waals surface area contributed by atoms with Gasteiger partial charge in [0.05, 0.1) is 6.04 Å². The fourth-order valence-electron chi connectivity index (χ4n) is 2.47. The van der Waals surface area contributed by atoms with Crippen molar-refractivity contribution in [2.45, 2.75) is 26.3 Å². The van der Waals surface area contributed by atoms with Crippen LogP contribution in [0.25, 0.3) is 0 Å². The molecule has 0 aliphatic rings. The summed E-state index contributed by atoms with van der Waals surface area (Å²) in [6, 6.07) is 12.4. The summed E-state index contributed by atoms with van der Waals surface area (Å²) in [4.78, 5) is 0. The monoisotopic (exact) mass is 352 g/mol. The smallest absolute Gasteiger partial charge is 0.0515 e. The van der Waals surface area contributed by atoms with Gasteiger partial charge in [-0.2, -0.15) is 0 Å². The van der Waals surface area contributed by atoms with Crippen molar-refractivity contribution in [2.24, 2.45) is 5.84 Å². The van der Waals surface area contributed by atoms with Gasteiger partial charge in [0.1, 0.15) is 0 Å². The maximum atomic E-state index is 6.31. The van der Waals surface area contributed by atoms with Crippen LogP contribution in [0.1, 0.15) is 28.3 Å². The lowest BCUT2D eigenvalue weighted by Gasteiger charge is -2.18. The van der Waals surface area contributed by atoms with Crippen LogP contribution in [-0.4, -0.2) is 0 Å². The minimum Gasteiger partial charge on any atom is -0.271 e. The predicted octanol–water partition coefficient (Wildman–Crippen LogP) is 4.47. The number of nitrogens with two attached hydrogens (primary N) is 1. The highest BCUT2D eigenvalue weighted by Gasteiger charge is 2.14. The Balaban J connectivity index is 2.28. The molecule has 0 saturated carbocycles. The molecular weight excluding hydrogens is 336 g/mol. The topological polar surface area (TPSA) is 38.0 Å². The molecule has 0 spiro atoms. The summed E-state index contributed by atoms with van der Waals surface area (Å²) in [6.45, 7) is 4.21. The molecule has 0 saturated heterocycles. The number of rotatable bonds is 4. The van der Waals surface area contributed by atoms with Gasteiger partial charge in [0.15, 0.2) is 0 Å². The van der Waals surface area contributed by atoms with E-state index in [9.17, 15) is 0 Å². The normalized spacial score (nSPS) is 12.4. The largest absolute Gasteiger partial charge is 0.271 e. The van der Waals surface area contributed by atoms with Crippen LogP contribution < -0.4 is 11.3 Å². The summed E-state index contributed by atoms with van der Waals surface area (Å²) in [6.07, 6.45) is 0.806. The predicted molar refractivity (Wildman–Crippen MR) is 88.8 cm³/mol. The van der Waals surface area contributed by atoms with Crippen molar-refractivity contribution in [3.05, 3.63) is 68.1 Å². The summed E-state index contributed by atoms with van der Waals surface area (Å²) in [5.41, 5.74) is 7.65. The number of halogens is 2. The highest BCUT2D eigenvalue weighted by atomic mass is 79.9. The number of aryl methyl sites for hydroxylation is 2. The minimum absolute atomic E-state index is 0.00296. The van der Waals surface area contributed by atoms with E-state index in [2.05, 4.69) is 53.4 Å². The Kier molecular flexibility index (Phi) is 5.22. The molecule has 0 aromatic heterocycles. The summed E-state index contributed by atoms with van der Waals surface area (Å²) in [5, 5.41) is 0.715. The van der Waals surface area contributed by atoms with Crippen molar-refractivity contribution in [2.75, 3.05) is 0 Å². The molecule has 4 heteroatoms. The molecule has 2 rings (SSSR count). The summed E-state index contributed by atoms with van der Waals surface area (Å²) in [5.74, 6) is 5.72. The highest BCUT2D eigenvalue weighted by molar-refractivity contribution is 9.10. The van der Waals surface area contributed by atoms with Crippen molar-refractivity contribution >= 4 is 27.5 Å². The van der Waals surface area contributed by atoms with Crippen LogP contribution in [0.2, 0.25) is 5.02 Å². The third-order valence-electron chi connectivity index (χ3n) is 3.26. The zero-order valence-corrected chi connectivity index (χ0v) is 13.9. The quantitative estimate of drug-likeness (QED) is 0.629. The Morgan fingerprint density at radius 3 is 2.35 bits per heavy atom. The molecule has 0 aliphatic carbocycles. The van der Waals surface area contributed by atoms with Crippen LogP contribution in [0.15, 0.2) is 40.9 Å². The van der Waals surface area contributed by atoms with E-state index < -0.39 is 0 Å². The van der Waals surface area contributed by atoms with Crippen molar-refractivity contribution in [3.8, 4) is 0 Å². The van der Waals surface area contributed by atoms with Gasteiger partial charge in [0.25, 0.3) is 0 Å². The molecule has 0 aliphatic heterocycles. The summed E-state index contributed by atoms with van der Waals surface area (Å²) >= 11 is 9.72. The first-order valence-electron chi connectivity index (χ1n) is 6.48. The Hall–Kier alpha value is -0.870. The van der Waals surface area contributed by atoms with E-state index in [0.29, 0.717) is 5.02 Å². The van der Waals surface area contributed by atoms with Crippen LogP contribution in [0.5, 0.6) is 0 Å².